The van der Waals surface area contributed by atoms with E-state index in [1.165, 1.54) is 7.11 Å². The first kappa shape index (κ1) is 15.2. The summed E-state index contributed by atoms with van der Waals surface area (Å²) >= 11 is 8.54. The minimum Gasteiger partial charge on any atom is -0.496 e. The second-order valence-electron chi connectivity index (χ2n) is 4.19. The van der Waals surface area contributed by atoms with Crippen molar-refractivity contribution >= 4 is 39.1 Å². The molecule has 1 aliphatic rings. The topological polar surface area (TPSA) is 56.8 Å². The van der Waals surface area contributed by atoms with Crippen LogP contribution in [0.25, 0.3) is 0 Å². The fourth-order valence-electron chi connectivity index (χ4n) is 2.01. The van der Waals surface area contributed by atoms with Crippen molar-refractivity contribution in [2.45, 2.75) is 12.1 Å². The molecule has 0 aromatic heterocycles. The monoisotopic (exact) mass is 359 g/mol. The van der Waals surface area contributed by atoms with E-state index in [-0.39, 0.29) is 12.6 Å². The Morgan fingerprint density at radius 1 is 1.50 bits per heavy atom. The Hall–Kier alpha value is -1.18. The molecule has 0 amide bonds. The van der Waals surface area contributed by atoms with Crippen LogP contribution in [0, 0.1) is 0 Å². The summed E-state index contributed by atoms with van der Waals surface area (Å²) in [5, 5.41) is 3.11. The molecule has 0 aliphatic carbocycles. The maximum absolute atomic E-state index is 11.8. The Morgan fingerprint density at radius 2 is 2.25 bits per heavy atom. The molecule has 0 bridgehead atoms. The first-order chi connectivity index (χ1) is 9.56. The van der Waals surface area contributed by atoms with Gasteiger partial charge >= 0.3 is 5.97 Å². The maximum Gasteiger partial charge on any atom is 0.337 e. The summed E-state index contributed by atoms with van der Waals surface area (Å²) in [6.07, 6.45) is -0.730. The first-order valence-corrected chi connectivity index (χ1v) is 7.09. The molecule has 1 aromatic carbocycles. The molecular weight excluding hydrogens is 346 g/mol. The molecular formula is C13H14BrNO4S. The Balaban J connectivity index is 2.32. The van der Waals surface area contributed by atoms with Crippen molar-refractivity contribution in [2.24, 2.45) is 0 Å². The fraction of sp³-hybridized carbons (Fsp3) is 0.385. The van der Waals surface area contributed by atoms with Crippen LogP contribution in [0.15, 0.2) is 22.7 Å². The molecule has 108 valence electrons. The van der Waals surface area contributed by atoms with E-state index >= 15 is 0 Å². The van der Waals surface area contributed by atoms with Gasteiger partial charge in [-0.2, -0.15) is 0 Å². The Bertz CT molecular complexity index is 537. The lowest BCUT2D eigenvalue weighted by Crippen LogP contribution is -2.48. The second-order valence-corrected chi connectivity index (χ2v) is 5.54. The summed E-state index contributed by atoms with van der Waals surface area (Å²) in [4.78, 5) is 12.4. The highest BCUT2D eigenvalue weighted by Gasteiger charge is 2.35. The molecule has 1 saturated heterocycles. The number of methoxy groups -OCH3 is 2. The van der Waals surface area contributed by atoms with Gasteiger partial charge in [0.15, 0.2) is 6.10 Å². The third-order valence-electron chi connectivity index (χ3n) is 2.98. The average Bonchev–Trinajstić information content (AvgIpc) is 2.46. The van der Waals surface area contributed by atoms with Gasteiger partial charge in [-0.25, -0.2) is 4.79 Å². The molecule has 1 fully saturated rings. The molecule has 0 saturated carbocycles. The first-order valence-electron chi connectivity index (χ1n) is 5.89. The van der Waals surface area contributed by atoms with Crippen LogP contribution in [0.1, 0.15) is 11.6 Å². The zero-order valence-electron chi connectivity index (χ0n) is 11.0. The van der Waals surface area contributed by atoms with Crippen molar-refractivity contribution in [3.63, 3.8) is 0 Å². The van der Waals surface area contributed by atoms with Gasteiger partial charge in [0.25, 0.3) is 0 Å². The van der Waals surface area contributed by atoms with Crippen LogP contribution in [0.2, 0.25) is 0 Å². The van der Waals surface area contributed by atoms with Crippen molar-refractivity contribution < 1.29 is 19.0 Å². The Labute approximate surface area is 130 Å². The van der Waals surface area contributed by atoms with E-state index < -0.39 is 12.1 Å². The summed E-state index contributed by atoms with van der Waals surface area (Å²) in [6.45, 7) is 0.211. The number of benzene rings is 1. The largest absolute Gasteiger partial charge is 0.496 e. The SMILES string of the molecule is COC(=O)[C@H]1OCC(=S)N[C@@H]1c1ccc(OC)c(Br)c1. The number of esters is 1. The second kappa shape index (κ2) is 6.51. The Kier molecular flexibility index (Phi) is 4.95. The molecule has 0 spiro atoms. The number of rotatable bonds is 3. The van der Waals surface area contributed by atoms with Crippen LogP contribution in [0.5, 0.6) is 5.75 Å². The molecule has 0 radical (unpaired) electrons. The fourth-order valence-corrected chi connectivity index (χ4v) is 2.76. The number of halogens is 1. The smallest absolute Gasteiger partial charge is 0.337 e. The lowest BCUT2D eigenvalue weighted by Gasteiger charge is -2.32. The van der Waals surface area contributed by atoms with Crippen molar-refractivity contribution in [3.8, 4) is 5.75 Å². The van der Waals surface area contributed by atoms with Gasteiger partial charge in [0, 0.05) is 0 Å². The normalized spacial score (nSPS) is 22.1. The minimum atomic E-state index is -0.730. The van der Waals surface area contributed by atoms with Crippen molar-refractivity contribution in [1.82, 2.24) is 5.32 Å². The molecule has 7 heteroatoms. The quantitative estimate of drug-likeness (QED) is 0.657. The molecule has 1 N–H and O–H groups in total. The number of ether oxygens (including phenoxy) is 3. The summed E-state index contributed by atoms with van der Waals surface area (Å²) in [5.41, 5.74) is 0.857. The lowest BCUT2D eigenvalue weighted by atomic mass is 10.00. The van der Waals surface area contributed by atoms with Gasteiger partial charge in [-0.1, -0.05) is 18.3 Å². The zero-order valence-corrected chi connectivity index (χ0v) is 13.4. The number of carbonyl (C=O) groups excluding carboxylic acids is 1. The van der Waals surface area contributed by atoms with Crippen molar-refractivity contribution in [1.29, 1.82) is 0 Å². The summed E-state index contributed by atoms with van der Waals surface area (Å²) in [6, 6.07) is 5.15. The highest BCUT2D eigenvalue weighted by molar-refractivity contribution is 9.10. The van der Waals surface area contributed by atoms with E-state index in [1.807, 2.05) is 18.2 Å². The molecule has 1 aliphatic heterocycles. The number of hydrogen-bond acceptors (Lipinski definition) is 5. The molecule has 20 heavy (non-hydrogen) atoms. The van der Waals surface area contributed by atoms with E-state index in [9.17, 15) is 4.79 Å². The number of morpholine rings is 1. The standard InChI is InChI=1S/C13H14BrNO4S/c1-17-9-4-3-7(5-8(9)14)11-12(13(16)18-2)19-6-10(20)15-11/h3-5,11-12H,6H2,1-2H3,(H,15,20)/t11-,12+/m1/s1. The van der Waals surface area contributed by atoms with Crippen molar-refractivity contribution in [3.05, 3.63) is 28.2 Å². The highest BCUT2D eigenvalue weighted by Crippen LogP contribution is 2.31. The van der Waals surface area contributed by atoms with Gasteiger partial charge in [0.2, 0.25) is 0 Å². The van der Waals surface area contributed by atoms with Crippen LogP contribution in [0.4, 0.5) is 0 Å². The van der Waals surface area contributed by atoms with Gasteiger partial charge in [-0.05, 0) is 33.6 Å². The van der Waals surface area contributed by atoms with E-state index in [1.54, 1.807) is 7.11 Å². The lowest BCUT2D eigenvalue weighted by molar-refractivity contribution is -0.156. The van der Waals surface area contributed by atoms with Crippen LogP contribution in [-0.2, 0) is 14.3 Å². The predicted octanol–water partition coefficient (Wildman–Crippen LogP) is 1.99. The molecule has 5 nitrogen and oxygen atoms in total. The molecule has 2 atom stereocenters. The van der Waals surface area contributed by atoms with Gasteiger partial charge in [-0.3, -0.25) is 0 Å². The maximum atomic E-state index is 11.8. The molecule has 1 heterocycles. The van der Waals surface area contributed by atoms with Gasteiger partial charge in [0.1, 0.15) is 10.7 Å². The highest BCUT2D eigenvalue weighted by atomic mass is 79.9. The average molecular weight is 360 g/mol. The third-order valence-corrected chi connectivity index (χ3v) is 3.84. The predicted molar refractivity (Wildman–Crippen MR) is 80.9 cm³/mol. The number of thiocarbonyl (C=S) groups is 1. The summed E-state index contributed by atoms with van der Waals surface area (Å²) < 4.78 is 16.2. The van der Waals surface area contributed by atoms with Crippen LogP contribution in [-0.4, -0.2) is 37.9 Å². The van der Waals surface area contributed by atoms with Gasteiger partial charge in [0.05, 0.1) is 31.3 Å². The van der Waals surface area contributed by atoms with Crippen LogP contribution in [0.3, 0.4) is 0 Å². The van der Waals surface area contributed by atoms with E-state index in [0.717, 1.165) is 10.0 Å². The van der Waals surface area contributed by atoms with Gasteiger partial charge < -0.3 is 19.5 Å². The summed E-state index contributed by atoms with van der Waals surface area (Å²) in [7, 11) is 2.92. The van der Waals surface area contributed by atoms with E-state index in [4.69, 9.17) is 26.4 Å². The molecule has 1 aromatic rings. The van der Waals surface area contributed by atoms with Gasteiger partial charge in [-0.15, -0.1) is 0 Å². The van der Waals surface area contributed by atoms with Crippen LogP contribution < -0.4 is 10.1 Å². The number of carbonyl (C=O) groups is 1. The zero-order chi connectivity index (χ0) is 14.7. The number of hydrogen-bond donors (Lipinski definition) is 1. The van der Waals surface area contributed by atoms with Crippen molar-refractivity contribution in [2.75, 3.05) is 20.8 Å². The molecule has 0 unspecified atom stereocenters. The molecule has 2 rings (SSSR count). The van der Waals surface area contributed by atoms with E-state index in [2.05, 4.69) is 21.2 Å². The minimum absolute atomic E-state index is 0.211. The van der Waals surface area contributed by atoms with Crippen LogP contribution >= 0.6 is 28.1 Å². The summed E-state index contributed by atoms with van der Waals surface area (Å²) in [5.74, 6) is 0.277. The van der Waals surface area contributed by atoms with E-state index in [0.29, 0.717) is 10.7 Å². The third kappa shape index (κ3) is 3.11. The number of nitrogens with one attached hydrogen (secondary N) is 1. The Morgan fingerprint density at radius 3 is 2.85 bits per heavy atom.